The van der Waals surface area contributed by atoms with Crippen molar-refractivity contribution in [1.82, 2.24) is 0 Å². The Balaban J connectivity index is 0. The molecule has 0 rings (SSSR count). The van der Waals surface area contributed by atoms with Crippen molar-refractivity contribution in [2.75, 3.05) is 6.61 Å². The molecule has 3 N–H and O–H groups in total. The van der Waals surface area contributed by atoms with Crippen molar-refractivity contribution in [3.05, 3.63) is 0 Å². The van der Waals surface area contributed by atoms with E-state index in [1.165, 1.54) is 6.92 Å². The fraction of sp³-hybridized carbons (Fsp3) is 0.909. The summed E-state index contributed by atoms with van der Waals surface area (Å²) in [5.74, 6) is -0.737. The Kier molecular flexibility index (Phi) is 12.8. The largest absolute Gasteiger partial charge is 0.481 e. The summed E-state index contributed by atoms with van der Waals surface area (Å²) in [6.07, 6.45) is 3.02. The predicted molar refractivity (Wildman–Crippen MR) is 59.7 cm³/mol. The lowest BCUT2D eigenvalue weighted by molar-refractivity contribution is -0.142. The van der Waals surface area contributed by atoms with Gasteiger partial charge < -0.3 is 15.3 Å². The van der Waals surface area contributed by atoms with Crippen LogP contribution in [0, 0.1) is 5.92 Å². The average Bonchev–Trinajstić information content (AvgIpc) is 2.18. The summed E-state index contributed by atoms with van der Waals surface area (Å²) in [6.45, 7) is 5.43. The molecule has 0 aromatic rings. The summed E-state index contributed by atoms with van der Waals surface area (Å²) in [4.78, 5) is 10.5. The third-order valence-corrected chi connectivity index (χ3v) is 1.89. The molecule has 0 aromatic heterocycles. The average molecular weight is 220 g/mol. The van der Waals surface area contributed by atoms with Crippen molar-refractivity contribution in [3.63, 3.8) is 0 Å². The van der Waals surface area contributed by atoms with Crippen LogP contribution in [0.25, 0.3) is 0 Å². The Morgan fingerprint density at radius 2 is 1.53 bits per heavy atom. The van der Waals surface area contributed by atoms with E-state index in [0.717, 1.165) is 25.7 Å². The minimum atomic E-state index is -0.635. The van der Waals surface area contributed by atoms with Gasteiger partial charge in [0.25, 0.3) is 0 Å². The lowest BCUT2D eigenvalue weighted by Gasteiger charge is -2.07. The van der Waals surface area contributed by atoms with Crippen LogP contribution >= 0.6 is 0 Å². The topological polar surface area (TPSA) is 77.8 Å². The van der Waals surface area contributed by atoms with Gasteiger partial charge in [0.1, 0.15) is 0 Å². The molecular formula is C11H24O4. The number of carboxylic acid groups (broad SMARTS) is 1. The lowest BCUT2D eigenvalue weighted by atomic mass is 9.99. The van der Waals surface area contributed by atoms with Gasteiger partial charge in [0, 0.05) is 0 Å². The normalized spacial score (nSPS) is 11.9. The second kappa shape index (κ2) is 11.5. The summed E-state index contributed by atoms with van der Waals surface area (Å²) in [5.41, 5.74) is 0. The van der Waals surface area contributed by atoms with Gasteiger partial charge in [0.05, 0.1) is 18.6 Å². The predicted octanol–water partition coefficient (Wildman–Crippen LogP) is 1.65. The first kappa shape index (κ1) is 16.8. The van der Waals surface area contributed by atoms with Crippen molar-refractivity contribution in [3.8, 4) is 0 Å². The molecule has 0 saturated heterocycles. The number of aliphatic hydroxyl groups excluding tert-OH is 2. The van der Waals surface area contributed by atoms with E-state index >= 15 is 0 Å². The van der Waals surface area contributed by atoms with Crippen molar-refractivity contribution in [1.29, 1.82) is 0 Å². The SMILES string of the molecule is CC(O)CO.CCCC(CCC)C(=O)O. The van der Waals surface area contributed by atoms with Gasteiger partial charge in [0.15, 0.2) is 0 Å². The molecule has 0 heterocycles. The van der Waals surface area contributed by atoms with Crippen LogP contribution in [0.1, 0.15) is 46.5 Å². The number of carbonyl (C=O) groups is 1. The molecule has 0 bridgehead atoms. The van der Waals surface area contributed by atoms with Crippen molar-refractivity contribution in [2.45, 2.75) is 52.6 Å². The highest BCUT2D eigenvalue weighted by Crippen LogP contribution is 2.12. The minimum Gasteiger partial charge on any atom is -0.481 e. The monoisotopic (exact) mass is 220 g/mol. The highest BCUT2D eigenvalue weighted by molar-refractivity contribution is 5.69. The fourth-order valence-corrected chi connectivity index (χ4v) is 1.09. The zero-order chi connectivity index (χ0) is 12.3. The number of aliphatic hydroxyl groups is 2. The molecule has 4 nitrogen and oxygen atoms in total. The van der Waals surface area contributed by atoms with Gasteiger partial charge in [-0.2, -0.15) is 0 Å². The Labute approximate surface area is 91.9 Å². The molecule has 0 radical (unpaired) electrons. The fourth-order valence-electron chi connectivity index (χ4n) is 1.09. The molecule has 4 heteroatoms. The molecule has 15 heavy (non-hydrogen) atoms. The summed E-state index contributed by atoms with van der Waals surface area (Å²) < 4.78 is 0. The Morgan fingerprint density at radius 3 is 1.67 bits per heavy atom. The van der Waals surface area contributed by atoms with Gasteiger partial charge in [0.2, 0.25) is 0 Å². The second-order valence-electron chi connectivity index (χ2n) is 3.64. The maximum atomic E-state index is 10.5. The Bertz CT molecular complexity index is 140. The van der Waals surface area contributed by atoms with Crippen LogP contribution in [0.2, 0.25) is 0 Å². The highest BCUT2D eigenvalue weighted by atomic mass is 16.4. The van der Waals surface area contributed by atoms with Crippen LogP contribution in [0.4, 0.5) is 0 Å². The number of aliphatic carboxylic acids is 1. The first-order valence-electron chi connectivity index (χ1n) is 5.51. The van der Waals surface area contributed by atoms with Crippen LogP contribution in [-0.2, 0) is 4.79 Å². The Morgan fingerprint density at radius 1 is 1.20 bits per heavy atom. The molecule has 0 aliphatic heterocycles. The molecule has 1 atom stereocenters. The van der Waals surface area contributed by atoms with E-state index in [2.05, 4.69) is 0 Å². The number of rotatable bonds is 6. The molecule has 0 aliphatic carbocycles. The minimum absolute atomic E-state index is 0.102. The summed E-state index contributed by atoms with van der Waals surface area (Å²) in [6, 6.07) is 0. The highest BCUT2D eigenvalue weighted by Gasteiger charge is 2.13. The van der Waals surface area contributed by atoms with E-state index in [1.807, 2.05) is 13.8 Å². The maximum Gasteiger partial charge on any atom is 0.306 e. The first-order valence-corrected chi connectivity index (χ1v) is 5.51. The summed E-state index contributed by atoms with van der Waals surface area (Å²) >= 11 is 0. The van der Waals surface area contributed by atoms with E-state index < -0.39 is 12.1 Å². The number of hydrogen-bond acceptors (Lipinski definition) is 3. The molecule has 0 fully saturated rings. The van der Waals surface area contributed by atoms with Crippen LogP contribution in [-0.4, -0.2) is 34.0 Å². The molecule has 0 amide bonds. The number of carboxylic acids is 1. The van der Waals surface area contributed by atoms with Gasteiger partial charge >= 0.3 is 5.97 Å². The third kappa shape index (κ3) is 13.4. The van der Waals surface area contributed by atoms with E-state index in [0.29, 0.717) is 0 Å². The van der Waals surface area contributed by atoms with Crippen LogP contribution in [0.5, 0.6) is 0 Å². The maximum absolute atomic E-state index is 10.5. The van der Waals surface area contributed by atoms with Crippen LogP contribution < -0.4 is 0 Å². The molecular weight excluding hydrogens is 196 g/mol. The van der Waals surface area contributed by atoms with Gasteiger partial charge in [-0.25, -0.2) is 0 Å². The summed E-state index contributed by atoms with van der Waals surface area (Å²) in [7, 11) is 0. The second-order valence-corrected chi connectivity index (χ2v) is 3.64. The van der Waals surface area contributed by atoms with E-state index in [1.54, 1.807) is 0 Å². The van der Waals surface area contributed by atoms with Crippen LogP contribution in [0.3, 0.4) is 0 Å². The first-order chi connectivity index (χ1) is 6.99. The Hall–Kier alpha value is -0.610. The van der Waals surface area contributed by atoms with Gasteiger partial charge in [-0.1, -0.05) is 26.7 Å². The molecule has 0 spiro atoms. The number of hydrogen-bond donors (Lipinski definition) is 3. The molecule has 0 aliphatic rings. The van der Waals surface area contributed by atoms with E-state index in [-0.39, 0.29) is 12.5 Å². The molecule has 0 aromatic carbocycles. The smallest absolute Gasteiger partial charge is 0.306 e. The van der Waals surface area contributed by atoms with Crippen molar-refractivity contribution >= 4 is 5.97 Å². The van der Waals surface area contributed by atoms with Gasteiger partial charge in [-0.3, -0.25) is 4.79 Å². The van der Waals surface area contributed by atoms with Gasteiger partial charge in [-0.05, 0) is 19.8 Å². The standard InChI is InChI=1S/C8H16O2.C3H8O2/c1-3-5-7(6-4-2)8(9)10;1-3(5)2-4/h7H,3-6H2,1-2H3,(H,9,10);3-5H,2H2,1H3. The van der Waals surface area contributed by atoms with Crippen LogP contribution in [0.15, 0.2) is 0 Å². The van der Waals surface area contributed by atoms with E-state index in [9.17, 15) is 4.79 Å². The van der Waals surface area contributed by atoms with Crippen molar-refractivity contribution < 1.29 is 20.1 Å². The summed E-state index contributed by atoms with van der Waals surface area (Å²) in [5, 5.41) is 24.6. The van der Waals surface area contributed by atoms with Crippen molar-refractivity contribution in [2.24, 2.45) is 5.92 Å². The lowest BCUT2D eigenvalue weighted by Crippen LogP contribution is -2.12. The van der Waals surface area contributed by atoms with E-state index in [4.69, 9.17) is 15.3 Å². The molecule has 1 unspecified atom stereocenters. The quantitative estimate of drug-likeness (QED) is 0.636. The van der Waals surface area contributed by atoms with Gasteiger partial charge in [-0.15, -0.1) is 0 Å². The molecule has 92 valence electrons. The third-order valence-electron chi connectivity index (χ3n) is 1.89. The zero-order valence-corrected chi connectivity index (χ0v) is 9.94. The molecule has 0 saturated carbocycles. The zero-order valence-electron chi connectivity index (χ0n) is 9.94.